The standard InChI is InChI=1S/C17H22N4O/c18-17(9-2-1-3-10-17)16(22)19-13-14-5-7-15(8-6-14)21-12-4-11-20-21/h4-8,11-12H,1-3,9-10,13,18H2,(H,19,22). The molecule has 3 N–H and O–H groups in total. The molecule has 0 bridgehead atoms. The van der Waals surface area contributed by atoms with Crippen LogP contribution in [0.4, 0.5) is 0 Å². The molecule has 0 spiro atoms. The summed E-state index contributed by atoms with van der Waals surface area (Å²) >= 11 is 0. The minimum Gasteiger partial charge on any atom is -0.350 e. The first kappa shape index (κ1) is 14.8. The van der Waals surface area contributed by atoms with Crippen LogP contribution in [0.3, 0.4) is 0 Å². The summed E-state index contributed by atoms with van der Waals surface area (Å²) in [7, 11) is 0. The van der Waals surface area contributed by atoms with Gasteiger partial charge in [0.05, 0.1) is 11.2 Å². The maximum Gasteiger partial charge on any atom is 0.240 e. The van der Waals surface area contributed by atoms with Crippen molar-refractivity contribution in [1.29, 1.82) is 0 Å². The van der Waals surface area contributed by atoms with Crippen LogP contribution in [0.15, 0.2) is 42.7 Å². The fourth-order valence-electron chi connectivity index (χ4n) is 2.96. The fraction of sp³-hybridized carbons (Fsp3) is 0.412. The van der Waals surface area contributed by atoms with E-state index in [2.05, 4.69) is 10.4 Å². The molecule has 1 aromatic carbocycles. The minimum absolute atomic E-state index is 0.0247. The van der Waals surface area contributed by atoms with E-state index in [0.29, 0.717) is 6.54 Å². The lowest BCUT2D eigenvalue weighted by molar-refractivity contribution is -0.127. The molecule has 1 aliphatic carbocycles. The van der Waals surface area contributed by atoms with Gasteiger partial charge >= 0.3 is 0 Å². The number of rotatable bonds is 4. The molecule has 116 valence electrons. The molecule has 1 aliphatic rings. The van der Waals surface area contributed by atoms with Gasteiger partial charge in [-0.15, -0.1) is 0 Å². The predicted molar refractivity (Wildman–Crippen MR) is 85.4 cm³/mol. The van der Waals surface area contributed by atoms with Gasteiger partial charge in [0.25, 0.3) is 0 Å². The molecule has 5 heteroatoms. The largest absolute Gasteiger partial charge is 0.350 e. The maximum absolute atomic E-state index is 12.3. The number of nitrogens with zero attached hydrogens (tertiary/aromatic N) is 2. The van der Waals surface area contributed by atoms with Crippen molar-refractivity contribution >= 4 is 5.91 Å². The van der Waals surface area contributed by atoms with Crippen LogP contribution in [0.25, 0.3) is 5.69 Å². The molecule has 2 aromatic rings. The number of nitrogens with two attached hydrogens (primary N) is 1. The van der Waals surface area contributed by atoms with E-state index in [0.717, 1.165) is 36.9 Å². The number of amides is 1. The third-order valence-corrected chi connectivity index (χ3v) is 4.36. The Hall–Kier alpha value is -2.14. The topological polar surface area (TPSA) is 72.9 Å². The fourth-order valence-corrected chi connectivity index (χ4v) is 2.96. The molecule has 0 unspecified atom stereocenters. The van der Waals surface area contributed by atoms with Crippen molar-refractivity contribution in [3.63, 3.8) is 0 Å². The van der Waals surface area contributed by atoms with E-state index in [4.69, 9.17) is 5.73 Å². The third-order valence-electron chi connectivity index (χ3n) is 4.36. The van der Waals surface area contributed by atoms with Crippen LogP contribution in [0, 0.1) is 0 Å². The van der Waals surface area contributed by atoms with Gasteiger partial charge in [-0.1, -0.05) is 31.4 Å². The first-order chi connectivity index (χ1) is 10.7. The highest BCUT2D eigenvalue weighted by molar-refractivity contribution is 5.86. The van der Waals surface area contributed by atoms with Gasteiger partial charge in [0.2, 0.25) is 5.91 Å². The number of hydrogen-bond donors (Lipinski definition) is 2. The molecular weight excluding hydrogens is 276 g/mol. The van der Waals surface area contributed by atoms with Crippen molar-refractivity contribution in [2.45, 2.75) is 44.2 Å². The monoisotopic (exact) mass is 298 g/mol. The summed E-state index contributed by atoms with van der Waals surface area (Å²) in [6.45, 7) is 0.511. The van der Waals surface area contributed by atoms with Crippen molar-refractivity contribution in [2.24, 2.45) is 5.73 Å². The molecule has 0 saturated heterocycles. The minimum atomic E-state index is -0.673. The molecule has 1 amide bonds. The molecule has 0 atom stereocenters. The van der Waals surface area contributed by atoms with Crippen LogP contribution in [0.5, 0.6) is 0 Å². The Bertz CT molecular complexity index is 613. The molecule has 5 nitrogen and oxygen atoms in total. The molecule has 1 heterocycles. The number of carbonyl (C=O) groups excluding carboxylic acids is 1. The number of nitrogens with one attached hydrogen (secondary N) is 1. The summed E-state index contributed by atoms with van der Waals surface area (Å²) in [6, 6.07) is 9.88. The molecule has 1 fully saturated rings. The molecule has 0 aliphatic heterocycles. The molecule has 3 rings (SSSR count). The van der Waals surface area contributed by atoms with Gasteiger partial charge in [-0.25, -0.2) is 4.68 Å². The lowest BCUT2D eigenvalue weighted by Crippen LogP contribution is -2.54. The summed E-state index contributed by atoms with van der Waals surface area (Å²) < 4.78 is 1.80. The zero-order valence-electron chi connectivity index (χ0n) is 12.7. The quantitative estimate of drug-likeness (QED) is 0.908. The van der Waals surface area contributed by atoms with E-state index in [1.165, 1.54) is 6.42 Å². The summed E-state index contributed by atoms with van der Waals surface area (Å²) in [5.41, 5.74) is 7.62. The summed E-state index contributed by atoms with van der Waals surface area (Å²) in [5.74, 6) is -0.0247. The highest BCUT2D eigenvalue weighted by atomic mass is 16.2. The van der Waals surface area contributed by atoms with Crippen LogP contribution in [0.2, 0.25) is 0 Å². The molecule has 22 heavy (non-hydrogen) atoms. The van der Waals surface area contributed by atoms with Gasteiger partial charge in [-0.2, -0.15) is 5.10 Å². The molecular formula is C17H22N4O. The molecule has 1 aromatic heterocycles. The molecule has 0 radical (unpaired) electrons. The highest BCUT2D eigenvalue weighted by Crippen LogP contribution is 2.26. The summed E-state index contributed by atoms with van der Waals surface area (Å²) in [4.78, 5) is 12.3. The van der Waals surface area contributed by atoms with Gasteiger partial charge < -0.3 is 11.1 Å². The normalized spacial score (nSPS) is 17.1. The Labute approximate surface area is 130 Å². The first-order valence-electron chi connectivity index (χ1n) is 7.84. The van der Waals surface area contributed by atoms with E-state index < -0.39 is 5.54 Å². The Morgan fingerprint density at radius 3 is 2.59 bits per heavy atom. The van der Waals surface area contributed by atoms with Crippen LogP contribution >= 0.6 is 0 Å². The number of benzene rings is 1. The van der Waals surface area contributed by atoms with Crippen molar-refractivity contribution in [3.8, 4) is 5.69 Å². The van der Waals surface area contributed by atoms with Gasteiger partial charge in [-0.3, -0.25) is 4.79 Å². The second kappa shape index (κ2) is 6.32. The second-order valence-corrected chi connectivity index (χ2v) is 6.02. The number of carbonyl (C=O) groups is 1. The SMILES string of the molecule is NC1(C(=O)NCc2ccc(-n3cccn3)cc2)CCCCC1. The van der Waals surface area contributed by atoms with E-state index >= 15 is 0 Å². The Balaban J connectivity index is 1.58. The van der Waals surface area contributed by atoms with E-state index in [-0.39, 0.29) is 5.91 Å². The van der Waals surface area contributed by atoms with E-state index in [9.17, 15) is 4.79 Å². The predicted octanol–water partition coefficient (Wildman–Crippen LogP) is 2.15. The van der Waals surface area contributed by atoms with Gasteiger partial charge in [-0.05, 0) is 36.6 Å². The van der Waals surface area contributed by atoms with Gasteiger partial charge in [0, 0.05) is 18.9 Å². The number of hydrogen-bond acceptors (Lipinski definition) is 3. The van der Waals surface area contributed by atoms with E-state index in [1.807, 2.05) is 36.5 Å². The zero-order chi connectivity index (χ0) is 15.4. The van der Waals surface area contributed by atoms with E-state index in [1.54, 1.807) is 10.9 Å². The van der Waals surface area contributed by atoms with Crippen LogP contribution in [0.1, 0.15) is 37.7 Å². The third kappa shape index (κ3) is 3.20. The highest BCUT2D eigenvalue weighted by Gasteiger charge is 2.34. The van der Waals surface area contributed by atoms with Gasteiger partial charge in [0.15, 0.2) is 0 Å². The van der Waals surface area contributed by atoms with Crippen LogP contribution in [-0.4, -0.2) is 21.2 Å². The lowest BCUT2D eigenvalue weighted by Gasteiger charge is -2.31. The second-order valence-electron chi connectivity index (χ2n) is 6.02. The number of aromatic nitrogens is 2. The smallest absolute Gasteiger partial charge is 0.240 e. The maximum atomic E-state index is 12.3. The molecule has 1 saturated carbocycles. The average molecular weight is 298 g/mol. The van der Waals surface area contributed by atoms with Crippen LogP contribution in [-0.2, 0) is 11.3 Å². The van der Waals surface area contributed by atoms with Gasteiger partial charge in [0.1, 0.15) is 0 Å². The first-order valence-corrected chi connectivity index (χ1v) is 7.84. The average Bonchev–Trinajstić information content (AvgIpc) is 3.08. The summed E-state index contributed by atoms with van der Waals surface area (Å²) in [6.07, 6.45) is 8.50. The Kier molecular flexibility index (Phi) is 4.24. The summed E-state index contributed by atoms with van der Waals surface area (Å²) in [5, 5.41) is 7.17. The Morgan fingerprint density at radius 2 is 1.95 bits per heavy atom. The van der Waals surface area contributed by atoms with Crippen molar-refractivity contribution < 1.29 is 4.79 Å². The lowest BCUT2D eigenvalue weighted by atomic mass is 9.82. The van der Waals surface area contributed by atoms with Crippen molar-refractivity contribution in [1.82, 2.24) is 15.1 Å². The van der Waals surface area contributed by atoms with Crippen molar-refractivity contribution in [2.75, 3.05) is 0 Å². The van der Waals surface area contributed by atoms with Crippen molar-refractivity contribution in [3.05, 3.63) is 48.3 Å². The van der Waals surface area contributed by atoms with Crippen LogP contribution < -0.4 is 11.1 Å². The zero-order valence-corrected chi connectivity index (χ0v) is 12.7. The Morgan fingerprint density at radius 1 is 1.23 bits per heavy atom.